The fourth-order valence-corrected chi connectivity index (χ4v) is 7.48. The Morgan fingerprint density at radius 2 is 1.32 bits per heavy atom. The normalized spacial score (nSPS) is 11.9. The standard InChI is InChI=1S/C35H25N2S/c1-22-25-10-4-3-9-23(25)15-17-26(22)34-35-29(19-20-36(34)2)30-21-24(16-18-33(30)38-35)37-31-13-7-5-11-27(31)28-12-6-8-14-32(28)37/h3-21H,1-2H3/q+1. The highest BCUT2D eigenvalue weighted by Gasteiger charge is 2.22. The monoisotopic (exact) mass is 505 g/mol. The maximum absolute atomic E-state index is 2.41. The predicted molar refractivity (Wildman–Crippen MR) is 163 cm³/mol. The van der Waals surface area contributed by atoms with Gasteiger partial charge in [-0.05, 0) is 59.7 Å². The van der Waals surface area contributed by atoms with Crippen molar-refractivity contribution in [3.8, 4) is 16.9 Å². The van der Waals surface area contributed by atoms with E-state index in [0.29, 0.717) is 0 Å². The smallest absolute Gasteiger partial charge is 0.230 e. The third kappa shape index (κ3) is 2.97. The van der Waals surface area contributed by atoms with Gasteiger partial charge in [-0.25, -0.2) is 0 Å². The lowest BCUT2D eigenvalue weighted by Crippen LogP contribution is -2.30. The Hall–Kier alpha value is -4.47. The summed E-state index contributed by atoms with van der Waals surface area (Å²) in [4.78, 5) is 0. The first-order valence-corrected chi connectivity index (χ1v) is 13.8. The van der Waals surface area contributed by atoms with Crippen LogP contribution < -0.4 is 4.57 Å². The minimum absolute atomic E-state index is 1.20. The highest BCUT2D eigenvalue weighted by molar-refractivity contribution is 7.26. The Bertz CT molecular complexity index is 2160. The molecule has 180 valence electrons. The molecule has 0 spiro atoms. The van der Waals surface area contributed by atoms with Crippen molar-refractivity contribution in [3.05, 3.63) is 121 Å². The second-order valence-electron chi connectivity index (χ2n) is 10.1. The third-order valence-corrected chi connectivity index (χ3v) is 9.23. The summed E-state index contributed by atoms with van der Waals surface area (Å²) in [6.45, 7) is 2.25. The summed E-state index contributed by atoms with van der Waals surface area (Å²) in [5.41, 5.74) is 7.59. The van der Waals surface area contributed by atoms with Gasteiger partial charge in [0.25, 0.3) is 0 Å². The molecule has 0 N–H and O–H groups in total. The average molecular weight is 506 g/mol. The molecule has 0 saturated heterocycles. The van der Waals surface area contributed by atoms with Crippen molar-refractivity contribution in [2.75, 3.05) is 0 Å². The summed E-state index contributed by atoms with van der Waals surface area (Å²) in [6.07, 6.45) is 2.21. The van der Waals surface area contributed by atoms with Crippen molar-refractivity contribution in [2.45, 2.75) is 6.92 Å². The lowest BCUT2D eigenvalue weighted by atomic mass is 9.97. The van der Waals surface area contributed by atoms with Crippen LogP contribution in [0.3, 0.4) is 0 Å². The molecule has 0 bridgehead atoms. The Morgan fingerprint density at radius 1 is 0.632 bits per heavy atom. The van der Waals surface area contributed by atoms with Gasteiger partial charge in [-0.2, -0.15) is 4.57 Å². The molecule has 0 unspecified atom stereocenters. The maximum Gasteiger partial charge on any atom is 0.230 e. The molecule has 0 radical (unpaired) electrons. The van der Waals surface area contributed by atoms with Crippen molar-refractivity contribution in [3.63, 3.8) is 0 Å². The van der Waals surface area contributed by atoms with E-state index in [-0.39, 0.29) is 0 Å². The summed E-state index contributed by atoms with van der Waals surface area (Å²) >= 11 is 1.89. The molecule has 0 saturated carbocycles. The molecular formula is C35H25N2S+. The summed E-state index contributed by atoms with van der Waals surface area (Å²) in [5, 5.41) is 7.81. The Kier molecular flexibility index (Phi) is 4.55. The van der Waals surface area contributed by atoms with Gasteiger partial charge in [0, 0.05) is 38.0 Å². The molecule has 38 heavy (non-hydrogen) atoms. The first kappa shape index (κ1) is 21.6. The van der Waals surface area contributed by atoms with E-state index in [4.69, 9.17) is 0 Å². The molecule has 2 nitrogen and oxygen atoms in total. The fraction of sp³-hybridized carbons (Fsp3) is 0.0571. The molecule has 3 heterocycles. The van der Waals surface area contributed by atoms with E-state index < -0.39 is 0 Å². The maximum atomic E-state index is 2.41. The average Bonchev–Trinajstić information content (AvgIpc) is 3.49. The van der Waals surface area contributed by atoms with Crippen molar-refractivity contribution >= 4 is 64.1 Å². The topological polar surface area (TPSA) is 8.81 Å². The van der Waals surface area contributed by atoms with Crippen molar-refractivity contribution < 1.29 is 4.57 Å². The van der Waals surface area contributed by atoms with Gasteiger partial charge in [0.2, 0.25) is 5.69 Å². The predicted octanol–water partition coefficient (Wildman–Crippen LogP) is 9.10. The lowest BCUT2D eigenvalue weighted by Gasteiger charge is -2.09. The number of hydrogen-bond acceptors (Lipinski definition) is 1. The molecule has 8 rings (SSSR count). The first-order valence-electron chi connectivity index (χ1n) is 13.0. The lowest BCUT2D eigenvalue weighted by molar-refractivity contribution is -0.659. The van der Waals surface area contributed by atoms with E-state index >= 15 is 0 Å². The summed E-state index contributed by atoms with van der Waals surface area (Å²) in [7, 11) is 2.16. The highest BCUT2D eigenvalue weighted by atomic mass is 32.1. The number of pyridine rings is 1. The zero-order valence-corrected chi connectivity index (χ0v) is 22.1. The van der Waals surface area contributed by atoms with Gasteiger partial charge in [-0.3, -0.25) is 0 Å². The molecule has 0 atom stereocenters. The van der Waals surface area contributed by atoms with E-state index in [1.54, 1.807) is 0 Å². The number of aryl methyl sites for hydroxylation is 2. The van der Waals surface area contributed by atoms with Crippen LogP contribution in [0.5, 0.6) is 0 Å². The number of nitrogens with zero attached hydrogens (tertiary/aromatic N) is 2. The van der Waals surface area contributed by atoms with Crippen molar-refractivity contribution in [1.82, 2.24) is 4.57 Å². The minimum atomic E-state index is 1.20. The number of thiophene rings is 1. The second-order valence-corrected chi connectivity index (χ2v) is 11.2. The number of rotatable bonds is 2. The molecule has 0 aliphatic carbocycles. The van der Waals surface area contributed by atoms with E-state index in [1.807, 2.05) is 11.3 Å². The minimum Gasteiger partial charge on any atom is -0.309 e. The van der Waals surface area contributed by atoms with Gasteiger partial charge in [-0.1, -0.05) is 66.7 Å². The largest absolute Gasteiger partial charge is 0.309 e. The van der Waals surface area contributed by atoms with Crippen LogP contribution in [0, 0.1) is 6.92 Å². The van der Waals surface area contributed by atoms with Crippen LogP contribution in [-0.2, 0) is 7.05 Å². The van der Waals surface area contributed by atoms with Crippen molar-refractivity contribution in [1.29, 1.82) is 0 Å². The van der Waals surface area contributed by atoms with Gasteiger partial charge in [0.05, 0.1) is 16.6 Å². The van der Waals surface area contributed by atoms with Gasteiger partial charge in [0.1, 0.15) is 11.7 Å². The Morgan fingerprint density at radius 3 is 2.08 bits per heavy atom. The summed E-state index contributed by atoms with van der Waals surface area (Å²) in [5.74, 6) is 0. The molecular weight excluding hydrogens is 480 g/mol. The molecule has 0 aliphatic rings. The fourth-order valence-electron chi connectivity index (χ4n) is 6.20. The molecule has 8 aromatic rings. The summed E-state index contributed by atoms with van der Waals surface area (Å²) < 4.78 is 7.34. The molecule has 3 heteroatoms. The van der Waals surface area contributed by atoms with Gasteiger partial charge >= 0.3 is 0 Å². The van der Waals surface area contributed by atoms with E-state index in [0.717, 1.165) is 0 Å². The Balaban J connectivity index is 1.41. The van der Waals surface area contributed by atoms with Crippen LogP contribution in [0.25, 0.3) is 69.7 Å². The van der Waals surface area contributed by atoms with Crippen LogP contribution in [0.15, 0.2) is 115 Å². The molecule has 5 aromatic carbocycles. The van der Waals surface area contributed by atoms with Crippen molar-refractivity contribution in [2.24, 2.45) is 7.05 Å². The first-order chi connectivity index (χ1) is 18.7. The summed E-state index contributed by atoms with van der Waals surface area (Å²) in [6, 6.07) is 39.9. The van der Waals surface area contributed by atoms with Gasteiger partial charge < -0.3 is 4.57 Å². The Labute approximate surface area is 224 Å². The van der Waals surface area contributed by atoms with Gasteiger partial charge in [0.15, 0.2) is 6.20 Å². The van der Waals surface area contributed by atoms with E-state index in [2.05, 4.69) is 138 Å². The quantitative estimate of drug-likeness (QED) is 0.207. The van der Waals surface area contributed by atoms with Crippen LogP contribution >= 0.6 is 11.3 Å². The second kappa shape index (κ2) is 8.01. The SMILES string of the molecule is Cc1c(-c2c3sc4ccc(-n5c6ccccc6c6ccccc65)cc4c3cc[n+]2C)ccc2ccccc12. The molecule has 0 amide bonds. The van der Waals surface area contributed by atoms with Crippen LogP contribution in [0.1, 0.15) is 5.56 Å². The van der Waals surface area contributed by atoms with E-state index in [1.165, 1.54) is 75.3 Å². The number of fused-ring (bicyclic) bond motifs is 7. The highest BCUT2D eigenvalue weighted by Crippen LogP contribution is 2.41. The van der Waals surface area contributed by atoms with Crippen LogP contribution in [-0.4, -0.2) is 4.57 Å². The molecule has 0 aliphatic heterocycles. The van der Waals surface area contributed by atoms with Crippen LogP contribution in [0.2, 0.25) is 0 Å². The zero-order chi connectivity index (χ0) is 25.4. The zero-order valence-electron chi connectivity index (χ0n) is 21.3. The third-order valence-electron chi connectivity index (χ3n) is 8.03. The van der Waals surface area contributed by atoms with Crippen LogP contribution in [0.4, 0.5) is 0 Å². The number of hydrogen-bond donors (Lipinski definition) is 0. The molecule has 3 aromatic heterocycles. The molecule has 0 fully saturated rings. The number of aromatic nitrogens is 2. The number of para-hydroxylation sites is 2. The number of benzene rings is 5. The van der Waals surface area contributed by atoms with E-state index in [9.17, 15) is 0 Å². The van der Waals surface area contributed by atoms with Gasteiger partial charge in [-0.15, -0.1) is 11.3 Å².